The van der Waals surface area contributed by atoms with Crippen LogP contribution in [0.3, 0.4) is 0 Å². The second-order valence-electron chi connectivity index (χ2n) is 4.40. The predicted molar refractivity (Wildman–Crippen MR) is 82.5 cm³/mol. The van der Waals surface area contributed by atoms with Crippen molar-refractivity contribution in [3.05, 3.63) is 39.9 Å². The highest BCUT2D eigenvalue weighted by Gasteiger charge is 2.17. The molecule has 2 aromatic rings. The highest BCUT2D eigenvalue weighted by atomic mass is 32.2. The average molecular weight is 319 g/mol. The summed E-state index contributed by atoms with van der Waals surface area (Å²) in [7, 11) is 0. The number of nitrogens with zero attached hydrogens (tertiary/aromatic N) is 2. The third-order valence-corrected chi connectivity index (χ3v) is 3.44. The summed E-state index contributed by atoms with van der Waals surface area (Å²) in [5.74, 6) is -0.188. The number of aromatic nitrogens is 2. The molecule has 2 rings (SSSR count). The highest BCUT2D eigenvalue weighted by Crippen LogP contribution is 2.31. The van der Waals surface area contributed by atoms with E-state index in [1.54, 1.807) is 6.26 Å². The lowest BCUT2D eigenvalue weighted by molar-refractivity contribution is 0.317. The van der Waals surface area contributed by atoms with E-state index in [4.69, 9.17) is 4.74 Å². The maximum Gasteiger partial charge on any atom is 0.270 e. The summed E-state index contributed by atoms with van der Waals surface area (Å²) in [4.78, 5) is 18.8. The Kier molecular flexibility index (Phi) is 5.17. The Morgan fingerprint density at radius 2 is 2.27 bits per heavy atom. The van der Waals surface area contributed by atoms with E-state index >= 15 is 0 Å². The molecule has 0 atom stereocenters. The third-order valence-electron chi connectivity index (χ3n) is 2.86. The van der Waals surface area contributed by atoms with Crippen molar-refractivity contribution in [1.29, 1.82) is 5.26 Å². The molecule has 1 aromatic heterocycles. The molecule has 5 nitrogen and oxygen atoms in total. The third kappa shape index (κ3) is 3.28. The lowest BCUT2D eigenvalue weighted by Gasteiger charge is -2.12. The zero-order chi connectivity index (χ0) is 16.1. The summed E-state index contributed by atoms with van der Waals surface area (Å²) >= 11 is 1.25. The van der Waals surface area contributed by atoms with Gasteiger partial charge < -0.3 is 9.72 Å². The summed E-state index contributed by atoms with van der Waals surface area (Å²) in [5, 5.41) is 9.59. The maximum absolute atomic E-state index is 13.5. The molecule has 0 unspecified atom stereocenters. The molecule has 0 saturated heterocycles. The lowest BCUT2D eigenvalue weighted by Crippen LogP contribution is -2.15. The fraction of sp³-hybridized carbons (Fsp3) is 0.267. The van der Waals surface area contributed by atoms with Crippen LogP contribution in [0.1, 0.15) is 18.9 Å². The summed E-state index contributed by atoms with van der Waals surface area (Å²) < 4.78 is 19.0. The molecule has 0 aliphatic rings. The van der Waals surface area contributed by atoms with Crippen LogP contribution in [0.15, 0.2) is 28.2 Å². The minimum atomic E-state index is -0.525. The smallest absolute Gasteiger partial charge is 0.270 e. The summed E-state index contributed by atoms with van der Waals surface area (Å²) in [5.41, 5.74) is -0.0251. The number of nitrogens with one attached hydrogen (secondary N) is 1. The van der Waals surface area contributed by atoms with Crippen LogP contribution in [0, 0.1) is 17.1 Å². The molecule has 0 aliphatic heterocycles. The molecule has 0 amide bonds. The van der Waals surface area contributed by atoms with Crippen LogP contribution >= 0.6 is 11.8 Å². The first-order valence-corrected chi connectivity index (χ1v) is 7.84. The Bertz CT molecular complexity index is 783. The van der Waals surface area contributed by atoms with Crippen LogP contribution in [0.5, 0.6) is 5.75 Å². The van der Waals surface area contributed by atoms with E-state index in [1.165, 1.54) is 30.0 Å². The SMILES string of the molecule is CCCOc1cc(F)ccc1-c1nc(SC)[nH]c(=O)c1C#N. The number of nitriles is 1. The van der Waals surface area contributed by atoms with Gasteiger partial charge >= 0.3 is 0 Å². The summed E-state index contributed by atoms with van der Waals surface area (Å²) in [6.45, 7) is 2.33. The van der Waals surface area contributed by atoms with Gasteiger partial charge in [0.05, 0.1) is 6.61 Å². The Morgan fingerprint density at radius 1 is 1.50 bits per heavy atom. The molecule has 0 saturated carbocycles. The molecule has 0 fully saturated rings. The molecule has 0 aliphatic carbocycles. The summed E-state index contributed by atoms with van der Waals surface area (Å²) in [6.07, 6.45) is 2.51. The molecule has 1 aromatic carbocycles. The van der Waals surface area contributed by atoms with Crippen LogP contribution in [-0.2, 0) is 0 Å². The van der Waals surface area contributed by atoms with E-state index in [-0.39, 0.29) is 17.0 Å². The normalized spacial score (nSPS) is 10.3. The molecule has 0 spiro atoms. The number of ether oxygens (including phenoxy) is 1. The van der Waals surface area contributed by atoms with Gasteiger partial charge in [0.15, 0.2) is 5.16 Å². The number of aromatic amines is 1. The van der Waals surface area contributed by atoms with Crippen molar-refractivity contribution in [1.82, 2.24) is 9.97 Å². The fourth-order valence-corrected chi connectivity index (χ4v) is 2.25. The van der Waals surface area contributed by atoms with Gasteiger partial charge in [-0.3, -0.25) is 4.79 Å². The van der Waals surface area contributed by atoms with Crippen LogP contribution in [0.2, 0.25) is 0 Å². The number of benzene rings is 1. The zero-order valence-electron chi connectivity index (χ0n) is 12.1. The van der Waals surface area contributed by atoms with Crippen molar-refractivity contribution in [2.45, 2.75) is 18.5 Å². The summed E-state index contributed by atoms with van der Waals surface area (Å²) in [6, 6.07) is 5.79. The van der Waals surface area contributed by atoms with Crippen LogP contribution < -0.4 is 10.3 Å². The van der Waals surface area contributed by atoms with E-state index in [1.807, 2.05) is 13.0 Å². The Hall–Kier alpha value is -2.33. The van der Waals surface area contributed by atoms with E-state index in [9.17, 15) is 14.4 Å². The minimum Gasteiger partial charge on any atom is -0.493 e. The number of hydrogen-bond acceptors (Lipinski definition) is 5. The van der Waals surface area contributed by atoms with Gasteiger partial charge in [0.25, 0.3) is 5.56 Å². The van der Waals surface area contributed by atoms with Gasteiger partial charge in [-0.25, -0.2) is 9.37 Å². The Balaban J connectivity index is 2.68. The number of H-pyrrole nitrogens is 1. The first-order chi connectivity index (χ1) is 10.6. The van der Waals surface area contributed by atoms with Gasteiger partial charge in [-0.15, -0.1) is 0 Å². The van der Waals surface area contributed by atoms with Crippen molar-refractivity contribution < 1.29 is 9.13 Å². The van der Waals surface area contributed by atoms with Crippen molar-refractivity contribution in [2.24, 2.45) is 0 Å². The van der Waals surface area contributed by atoms with E-state index in [0.717, 1.165) is 6.42 Å². The number of thioether (sulfide) groups is 1. The largest absolute Gasteiger partial charge is 0.493 e. The molecule has 0 radical (unpaired) electrons. The molecule has 1 N–H and O–H groups in total. The molecule has 7 heteroatoms. The minimum absolute atomic E-state index is 0.120. The molecular formula is C15H14FN3O2S. The number of halogens is 1. The second-order valence-corrected chi connectivity index (χ2v) is 5.19. The first kappa shape index (κ1) is 16.0. The van der Waals surface area contributed by atoms with E-state index in [0.29, 0.717) is 17.3 Å². The van der Waals surface area contributed by atoms with Gasteiger partial charge in [-0.05, 0) is 24.8 Å². The zero-order valence-corrected chi connectivity index (χ0v) is 13.0. The second kappa shape index (κ2) is 7.09. The molecule has 0 bridgehead atoms. The molecule has 1 heterocycles. The quantitative estimate of drug-likeness (QED) is 0.677. The topological polar surface area (TPSA) is 78.8 Å². The maximum atomic E-state index is 13.5. The van der Waals surface area contributed by atoms with Gasteiger partial charge in [0.2, 0.25) is 0 Å². The van der Waals surface area contributed by atoms with E-state index in [2.05, 4.69) is 9.97 Å². The number of hydrogen-bond donors (Lipinski definition) is 1. The molecule has 22 heavy (non-hydrogen) atoms. The Morgan fingerprint density at radius 3 is 2.91 bits per heavy atom. The van der Waals surface area contributed by atoms with Gasteiger partial charge in [0, 0.05) is 11.6 Å². The van der Waals surface area contributed by atoms with Crippen molar-refractivity contribution >= 4 is 11.8 Å². The van der Waals surface area contributed by atoms with Crippen molar-refractivity contribution in [3.8, 4) is 23.1 Å². The number of rotatable bonds is 5. The van der Waals surface area contributed by atoms with E-state index < -0.39 is 11.4 Å². The first-order valence-electron chi connectivity index (χ1n) is 6.61. The Labute approximate surface area is 131 Å². The molecule has 114 valence electrons. The van der Waals surface area contributed by atoms with Gasteiger partial charge in [-0.1, -0.05) is 18.7 Å². The van der Waals surface area contributed by atoms with Crippen LogP contribution in [0.25, 0.3) is 11.3 Å². The standard InChI is InChI=1S/C15H14FN3O2S/c1-3-6-21-12-7-9(16)4-5-10(12)13-11(8-17)14(20)19-15(18-13)22-2/h4-5,7H,3,6H2,1-2H3,(H,18,19,20). The lowest BCUT2D eigenvalue weighted by atomic mass is 10.1. The average Bonchev–Trinajstić information content (AvgIpc) is 2.52. The van der Waals surface area contributed by atoms with Gasteiger partial charge in [0.1, 0.15) is 28.9 Å². The fourth-order valence-electron chi connectivity index (χ4n) is 1.87. The monoisotopic (exact) mass is 319 g/mol. The van der Waals surface area contributed by atoms with Crippen molar-refractivity contribution in [2.75, 3.05) is 12.9 Å². The van der Waals surface area contributed by atoms with Crippen LogP contribution in [0.4, 0.5) is 4.39 Å². The van der Waals surface area contributed by atoms with Crippen molar-refractivity contribution in [3.63, 3.8) is 0 Å². The highest BCUT2D eigenvalue weighted by molar-refractivity contribution is 7.98. The van der Waals surface area contributed by atoms with Gasteiger partial charge in [-0.2, -0.15) is 5.26 Å². The van der Waals surface area contributed by atoms with Crippen LogP contribution in [-0.4, -0.2) is 22.8 Å². The molecular weight excluding hydrogens is 305 g/mol. The predicted octanol–water partition coefficient (Wildman–Crippen LogP) is 2.96.